The zero-order valence-electron chi connectivity index (χ0n) is 15.9. The molecule has 1 aliphatic heterocycles. The van der Waals surface area contributed by atoms with Crippen LogP contribution >= 0.6 is 0 Å². The Morgan fingerprint density at radius 3 is 2.37 bits per heavy atom. The molecule has 0 N–H and O–H groups in total. The maximum atomic E-state index is 13.1. The number of aromatic nitrogens is 2. The van der Waals surface area contributed by atoms with Crippen LogP contribution in [-0.2, 0) is 18.3 Å². The van der Waals surface area contributed by atoms with E-state index in [9.17, 15) is 14.4 Å². The lowest BCUT2D eigenvalue weighted by molar-refractivity contribution is -0.132. The van der Waals surface area contributed by atoms with E-state index in [2.05, 4.69) is 11.2 Å². The van der Waals surface area contributed by atoms with Crippen LogP contribution in [0.4, 0.5) is 4.39 Å². The highest BCUT2D eigenvalue weighted by Crippen LogP contribution is 2.22. The number of hydrogen-bond donors (Lipinski definition) is 0. The quantitative estimate of drug-likeness (QED) is 0.828. The van der Waals surface area contributed by atoms with Crippen LogP contribution in [0.15, 0.2) is 24.3 Å². The molecule has 0 bridgehead atoms. The van der Waals surface area contributed by atoms with Gasteiger partial charge in [0.05, 0.1) is 18.2 Å². The van der Waals surface area contributed by atoms with E-state index < -0.39 is 6.04 Å². The van der Waals surface area contributed by atoms with Gasteiger partial charge in [-0.3, -0.25) is 14.4 Å². The van der Waals surface area contributed by atoms with Crippen molar-refractivity contribution in [3.05, 3.63) is 52.6 Å². The zero-order valence-corrected chi connectivity index (χ0v) is 15.9. The predicted octanol–water partition coefficient (Wildman–Crippen LogP) is 2.13. The fourth-order valence-electron chi connectivity index (χ4n) is 3.58. The molecule has 1 atom stereocenters. The molecule has 0 aliphatic carbocycles. The number of rotatable bonds is 4. The van der Waals surface area contributed by atoms with Crippen LogP contribution < -0.4 is 0 Å². The third-order valence-electron chi connectivity index (χ3n) is 5.33. The first-order valence-electron chi connectivity index (χ1n) is 9.06. The van der Waals surface area contributed by atoms with Crippen molar-refractivity contribution in [2.45, 2.75) is 26.3 Å². The molecular weight excluding hydrogens is 345 g/mol. The number of hydrogen-bond acceptors (Lipinski definition) is 4. The molecule has 2 heterocycles. The van der Waals surface area contributed by atoms with E-state index in [0.29, 0.717) is 32.6 Å². The van der Waals surface area contributed by atoms with Crippen LogP contribution in [0.1, 0.15) is 28.6 Å². The summed E-state index contributed by atoms with van der Waals surface area (Å²) in [6, 6.07) is 7.91. The van der Waals surface area contributed by atoms with Gasteiger partial charge in [-0.25, -0.2) is 4.39 Å². The molecule has 3 rings (SSSR count). The zero-order chi connectivity index (χ0) is 19.6. The molecule has 27 heavy (non-hydrogen) atoms. The number of aryl methyl sites for hydroxylation is 2. The Morgan fingerprint density at radius 1 is 1.22 bits per heavy atom. The van der Waals surface area contributed by atoms with Gasteiger partial charge in [0.15, 0.2) is 0 Å². The summed E-state index contributed by atoms with van der Waals surface area (Å²) in [5, 5.41) is 13.9. The first kappa shape index (κ1) is 19.1. The maximum absolute atomic E-state index is 13.1. The van der Waals surface area contributed by atoms with Crippen LogP contribution in [0.25, 0.3) is 0 Å². The first-order chi connectivity index (χ1) is 12.9. The second kappa shape index (κ2) is 7.89. The van der Waals surface area contributed by atoms with E-state index in [1.165, 1.54) is 12.1 Å². The van der Waals surface area contributed by atoms with Crippen molar-refractivity contribution in [3.63, 3.8) is 0 Å². The van der Waals surface area contributed by atoms with Crippen LogP contribution in [0.5, 0.6) is 0 Å². The normalized spacial score (nSPS) is 16.2. The molecule has 0 spiro atoms. The summed E-state index contributed by atoms with van der Waals surface area (Å²) >= 11 is 0. The minimum atomic E-state index is -0.425. The van der Waals surface area contributed by atoms with E-state index in [1.54, 1.807) is 16.8 Å². The maximum Gasteiger partial charge on any atom is 0.227 e. The van der Waals surface area contributed by atoms with E-state index in [0.717, 1.165) is 22.5 Å². The number of carbonyl (C=O) groups excluding carboxylic acids is 1. The van der Waals surface area contributed by atoms with Crippen molar-refractivity contribution in [1.29, 1.82) is 5.26 Å². The van der Waals surface area contributed by atoms with Crippen molar-refractivity contribution >= 4 is 5.91 Å². The highest BCUT2D eigenvalue weighted by Gasteiger charge is 2.27. The van der Waals surface area contributed by atoms with Crippen LogP contribution in [-0.4, -0.2) is 51.7 Å². The summed E-state index contributed by atoms with van der Waals surface area (Å²) in [4.78, 5) is 16.6. The SMILES string of the molecule is Cc1nn(C)c(C)c1CC(=O)N1CCN(C(C#N)c2ccc(F)cc2)CC1. The van der Waals surface area contributed by atoms with Crippen LogP contribution in [0.2, 0.25) is 0 Å². The van der Waals surface area contributed by atoms with E-state index in [-0.39, 0.29) is 11.7 Å². The first-order valence-corrected chi connectivity index (χ1v) is 9.06. The molecule has 1 unspecified atom stereocenters. The van der Waals surface area contributed by atoms with E-state index in [1.807, 2.05) is 30.7 Å². The third-order valence-corrected chi connectivity index (χ3v) is 5.33. The van der Waals surface area contributed by atoms with Gasteiger partial charge in [-0.15, -0.1) is 0 Å². The highest BCUT2D eigenvalue weighted by molar-refractivity contribution is 5.79. The Balaban J connectivity index is 1.61. The third kappa shape index (κ3) is 4.01. The Kier molecular flexibility index (Phi) is 5.57. The molecule has 1 amide bonds. The number of nitriles is 1. The van der Waals surface area contributed by atoms with Crippen molar-refractivity contribution in [3.8, 4) is 6.07 Å². The lowest BCUT2D eigenvalue weighted by Gasteiger charge is -2.37. The van der Waals surface area contributed by atoms with Gasteiger partial charge in [0.25, 0.3) is 0 Å². The Hall–Kier alpha value is -2.72. The van der Waals surface area contributed by atoms with E-state index >= 15 is 0 Å². The van der Waals surface area contributed by atoms with Gasteiger partial charge in [0.1, 0.15) is 11.9 Å². The topological polar surface area (TPSA) is 65.2 Å². The van der Waals surface area contributed by atoms with Gasteiger partial charge in [0, 0.05) is 44.5 Å². The Morgan fingerprint density at radius 2 is 1.85 bits per heavy atom. The van der Waals surface area contributed by atoms with Gasteiger partial charge < -0.3 is 4.90 Å². The molecule has 1 aromatic carbocycles. The van der Waals surface area contributed by atoms with E-state index in [4.69, 9.17) is 0 Å². The molecule has 1 aliphatic rings. The smallest absolute Gasteiger partial charge is 0.227 e. The Bertz CT molecular complexity index is 860. The van der Waals surface area contributed by atoms with Gasteiger partial charge in [-0.05, 0) is 31.5 Å². The highest BCUT2D eigenvalue weighted by atomic mass is 19.1. The van der Waals surface area contributed by atoms with Crippen LogP contribution in [0.3, 0.4) is 0 Å². The van der Waals surface area contributed by atoms with Crippen molar-refractivity contribution in [2.75, 3.05) is 26.2 Å². The van der Waals surface area contributed by atoms with Crippen LogP contribution in [0, 0.1) is 31.0 Å². The second-order valence-corrected chi connectivity index (χ2v) is 6.95. The van der Waals surface area contributed by atoms with Crippen molar-refractivity contribution < 1.29 is 9.18 Å². The summed E-state index contributed by atoms with van der Waals surface area (Å²) in [7, 11) is 1.88. The lowest BCUT2D eigenvalue weighted by atomic mass is 10.1. The summed E-state index contributed by atoms with van der Waals surface area (Å²) in [5.74, 6) is -0.226. The largest absolute Gasteiger partial charge is 0.340 e. The fraction of sp³-hybridized carbons (Fsp3) is 0.450. The van der Waals surface area contributed by atoms with Gasteiger partial charge in [-0.2, -0.15) is 10.4 Å². The molecular formula is C20H24FN5O. The van der Waals surface area contributed by atoms with Crippen molar-refractivity contribution in [2.24, 2.45) is 7.05 Å². The molecule has 1 fully saturated rings. The number of carbonyl (C=O) groups is 1. The predicted molar refractivity (Wildman–Crippen MR) is 99.3 cm³/mol. The molecule has 2 aromatic rings. The monoisotopic (exact) mass is 369 g/mol. The number of benzene rings is 1. The minimum absolute atomic E-state index is 0.0872. The summed E-state index contributed by atoms with van der Waals surface area (Å²) in [5.41, 5.74) is 3.68. The second-order valence-electron chi connectivity index (χ2n) is 6.95. The Labute approximate surface area is 158 Å². The number of piperazine rings is 1. The summed E-state index contributed by atoms with van der Waals surface area (Å²) in [6.45, 7) is 6.29. The molecule has 7 heteroatoms. The minimum Gasteiger partial charge on any atom is -0.340 e. The van der Waals surface area contributed by atoms with Crippen molar-refractivity contribution in [1.82, 2.24) is 19.6 Å². The molecule has 142 valence electrons. The van der Waals surface area contributed by atoms with Gasteiger partial charge >= 0.3 is 0 Å². The number of halogens is 1. The summed E-state index contributed by atoms with van der Waals surface area (Å²) < 4.78 is 14.9. The molecule has 1 saturated heterocycles. The molecule has 6 nitrogen and oxygen atoms in total. The number of nitrogens with zero attached hydrogens (tertiary/aromatic N) is 5. The molecule has 0 saturated carbocycles. The van der Waals surface area contributed by atoms with Gasteiger partial charge in [0.2, 0.25) is 5.91 Å². The average molecular weight is 369 g/mol. The molecule has 1 aromatic heterocycles. The lowest BCUT2D eigenvalue weighted by Crippen LogP contribution is -2.50. The van der Waals surface area contributed by atoms with Gasteiger partial charge in [-0.1, -0.05) is 12.1 Å². The molecule has 0 radical (unpaired) electrons. The fourth-order valence-corrected chi connectivity index (χ4v) is 3.58. The average Bonchev–Trinajstić information content (AvgIpc) is 2.90. The standard InChI is InChI=1S/C20H24FN5O/c1-14-18(15(2)24(3)23-14)12-20(27)26-10-8-25(9-11-26)19(13-22)16-4-6-17(21)7-5-16/h4-7,19H,8-12H2,1-3H3. The number of amides is 1. The summed E-state index contributed by atoms with van der Waals surface area (Å²) in [6.07, 6.45) is 0.352.